The van der Waals surface area contributed by atoms with Gasteiger partial charge in [0.05, 0.1) is 13.7 Å². The van der Waals surface area contributed by atoms with Crippen LogP contribution in [-0.4, -0.2) is 46.7 Å². The molecule has 9 heteroatoms. The topological polar surface area (TPSA) is 93.7 Å². The van der Waals surface area contributed by atoms with Crippen LogP contribution in [0.15, 0.2) is 0 Å². The van der Waals surface area contributed by atoms with Crippen LogP contribution in [-0.2, 0) is 19.7 Å². The second-order valence-corrected chi connectivity index (χ2v) is 5.08. The second kappa shape index (κ2) is 7.82. The predicted molar refractivity (Wildman–Crippen MR) is 61.7 cm³/mol. The van der Waals surface area contributed by atoms with Crippen molar-refractivity contribution in [3.05, 3.63) is 0 Å². The highest BCUT2D eigenvalue weighted by atomic mass is 79.9. The molecule has 7 nitrogen and oxygen atoms in total. The number of nitrogens with one attached hydrogen (secondary N) is 2. The van der Waals surface area contributed by atoms with Gasteiger partial charge in [0.15, 0.2) is 0 Å². The average molecular weight is 319 g/mol. The summed E-state index contributed by atoms with van der Waals surface area (Å²) in [7, 11) is -1.37. The molecule has 0 fully saturated rings. The van der Waals surface area contributed by atoms with Crippen molar-refractivity contribution in [3.8, 4) is 0 Å². The van der Waals surface area contributed by atoms with Crippen LogP contribution in [0.3, 0.4) is 0 Å². The summed E-state index contributed by atoms with van der Waals surface area (Å²) in [5.74, 6) is 0. The van der Waals surface area contributed by atoms with Crippen LogP contribution in [0.25, 0.3) is 0 Å². The molecule has 1 atom stereocenters. The number of carbonyl (C=O) groups is 1. The minimum absolute atomic E-state index is 0.216. The van der Waals surface area contributed by atoms with Crippen molar-refractivity contribution in [2.24, 2.45) is 0 Å². The number of amides is 1. The largest absolute Gasteiger partial charge is 0.452 e. The lowest BCUT2D eigenvalue weighted by molar-refractivity contribution is 0.171. The van der Waals surface area contributed by atoms with Gasteiger partial charge >= 0.3 is 16.3 Å². The summed E-state index contributed by atoms with van der Waals surface area (Å²) < 4.78 is 35.7. The standard InChI is InChI=1S/C7H15BrN2O5S/c1-14-5-6(3-4-8)9-16(12,13)10-7(11)15-2/h6,9H,3-5H2,1-2H3,(H,10,11). The lowest BCUT2D eigenvalue weighted by Gasteiger charge is -2.16. The molecule has 0 aliphatic heterocycles. The van der Waals surface area contributed by atoms with Gasteiger partial charge in [-0.1, -0.05) is 15.9 Å². The van der Waals surface area contributed by atoms with Crippen molar-refractivity contribution in [2.75, 3.05) is 26.2 Å². The number of halogens is 1. The molecular formula is C7H15BrN2O5S. The molecule has 1 unspecified atom stereocenters. The summed E-state index contributed by atoms with van der Waals surface area (Å²) in [5, 5.41) is 0.613. The van der Waals surface area contributed by atoms with Gasteiger partial charge < -0.3 is 9.47 Å². The molecule has 0 aliphatic rings. The first-order valence-electron chi connectivity index (χ1n) is 4.38. The molecule has 0 aromatic carbocycles. The number of alkyl halides is 1. The maximum atomic E-state index is 11.4. The Morgan fingerprint density at radius 2 is 2.06 bits per heavy atom. The molecule has 0 bridgehead atoms. The van der Waals surface area contributed by atoms with Crippen molar-refractivity contribution in [3.63, 3.8) is 0 Å². The normalized spacial score (nSPS) is 13.2. The van der Waals surface area contributed by atoms with E-state index in [4.69, 9.17) is 4.74 Å². The fourth-order valence-electron chi connectivity index (χ4n) is 0.909. The molecule has 0 heterocycles. The highest BCUT2D eigenvalue weighted by Gasteiger charge is 2.19. The summed E-state index contributed by atoms with van der Waals surface area (Å²) in [6.07, 6.45) is -0.502. The Balaban J connectivity index is 4.35. The summed E-state index contributed by atoms with van der Waals surface area (Å²) in [6.45, 7) is 0.216. The molecule has 0 radical (unpaired) electrons. The maximum absolute atomic E-state index is 11.4. The average Bonchev–Trinajstić information content (AvgIpc) is 2.17. The summed E-state index contributed by atoms with van der Waals surface area (Å²) >= 11 is 3.19. The van der Waals surface area contributed by atoms with E-state index in [2.05, 4.69) is 25.4 Å². The third kappa shape index (κ3) is 6.99. The van der Waals surface area contributed by atoms with Gasteiger partial charge in [0, 0.05) is 18.5 Å². The minimum Gasteiger partial charge on any atom is -0.452 e. The first-order valence-corrected chi connectivity index (χ1v) is 6.98. The Hall–Kier alpha value is -0.380. The molecule has 16 heavy (non-hydrogen) atoms. The van der Waals surface area contributed by atoms with Gasteiger partial charge in [-0.3, -0.25) is 0 Å². The van der Waals surface area contributed by atoms with Crippen LogP contribution < -0.4 is 9.44 Å². The van der Waals surface area contributed by atoms with Crippen molar-refractivity contribution in [1.29, 1.82) is 0 Å². The van der Waals surface area contributed by atoms with E-state index in [1.807, 2.05) is 0 Å². The summed E-state index contributed by atoms with van der Waals surface area (Å²) in [5.41, 5.74) is 0. The van der Waals surface area contributed by atoms with Crippen LogP contribution in [0.5, 0.6) is 0 Å². The summed E-state index contributed by atoms with van der Waals surface area (Å²) in [6, 6.07) is -0.411. The Kier molecular flexibility index (Phi) is 7.64. The molecule has 0 saturated heterocycles. The van der Waals surface area contributed by atoms with Crippen molar-refractivity contribution >= 4 is 32.2 Å². The zero-order chi connectivity index (χ0) is 12.6. The van der Waals surface area contributed by atoms with Gasteiger partial charge in [-0.2, -0.15) is 13.1 Å². The highest BCUT2D eigenvalue weighted by molar-refractivity contribution is 9.09. The molecule has 0 saturated carbocycles. The second-order valence-electron chi connectivity index (χ2n) is 2.84. The zero-order valence-electron chi connectivity index (χ0n) is 9.03. The minimum atomic E-state index is -3.91. The third-order valence-corrected chi connectivity index (χ3v) is 3.09. The number of methoxy groups -OCH3 is 2. The highest BCUT2D eigenvalue weighted by Crippen LogP contribution is 1.98. The number of ether oxygens (including phenoxy) is 2. The van der Waals surface area contributed by atoms with E-state index in [-0.39, 0.29) is 6.61 Å². The monoisotopic (exact) mass is 318 g/mol. The quantitative estimate of drug-likeness (QED) is 0.643. The van der Waals surface area contributed by atoms with Gasteiger partial charge in [0.25, 0.3) is 0 Å². The molecule has 0 rings (SSSR count). The first-order chi connectivity index (χ1) is 7.45. The van der Waals surface area contributed by atoms with Crippen molar-refractivity contribution in [1.82, 2.24) is 9.44 Å². The Morgan fingerprint density at radius 1 is 1.44 bits per heavy atom. The van der Waals surface area contributed by atoms with Crippen molar-refractivity contribution in [2.45, 2.75) is 12.5 Å². The molecule has 0 aromatic rings. The summed E-state index contributed by atoms with van der Waals surface area (Å²) in [4.78, 5) is 10.7. The van der Waals surface area contributed by atoms with Crippen LogP contribution in [0.4, 0.5) is 4.79 Å². The SMILES string of the molecule is COCC(CCBr)NS(=O)(=O)NC(=O)OC. The lowest BCUT2D eigenvalue weighted by atomic mass is 10.3. The first kappa shape index (κ1) is 15.6. The van der Waals surface area contributed by atoms with E-state index < -0.39 is 22.3 Å². The maximum Gasteiger partial charge on any atom is 0.421 e. The number of hydrogen-bond donors (Lipinski definition) is 2. The predicted octanol–water partition coefficient (Wildman–Crippen LogP) is -0.0232. The van der Waals surface area contributed by atoms with Gasteiger partial charge in [0.2, 0.25) is 0 Å². The van der Waals surface area contributed by atoms with Crippen LogP contribution >= 0.6 is 15.9 Å². The van der Waals surface area contributed by atoms with Gasteiger partial charge in [-0.15, -0.1) is 0 Å². The van der Waals surface area contributed by atoms with Crippen LogP contribution in [0.2, 0.25) is 0 Å². The molecule has 0 aromatic heterocycles. The van der Waals surface area contributed by atoms with Crippen molar-refractivity contribution < 1.29 is 22.7 Å². The van der Waals surface area contributed by atoms with Crippen LogP contribution in [0, 0.1) is 0 Å². The van der Waals surface area contributed by atoms with Gasteiger partial charge in [-0.25, -0.2) is 9.52 Å². The van der Waals surface area contributed by atoms with E-state index >= 15 is 0 Å². The van der Waals surface area contributed by atoms with Gasteiger partial charge in [-0.05, 0) is 6.42 Å². The number of hydrogen-bond acceptors (Lipinski definition) is 5. The lowest BCUT2D eigenvalue weighted by Crippen LogP contribution is -2.46. The Bertz CT molecular complexity index is 302. The van der Waals surface area contributed by atoms with E-state index in [1.54, 1.807) is 4.72 Å². The fraction of sp³-hybridized carbons (Fsp3) is 0.857. The fourth-order valence-corrected chi connectivity index (χ4v) is 2.45. The smallest absolute Gasteiger partial charge is 0.421 e. The molecule has 0 aliphatic carbocycles. The Labute approximate surface area is 103 Å². The van der Waals surface area contributed by atoms with Gasteiger partial charge in [0.1, 0.15) is 0 Å². The zero-order valence-corrected chi connectivity index (χ0v) is 11.4. The van der Waals surface area contributed by atoms with E-state index in [0.717, 1.165) is 7.11 Å². The molecule has 2 N–H and O–H groups in total. The molecule has 1 amide bonds. The molecular weight excluding hydrogens is 304 g/mol. The van der Waals surface area contributed by atoms with E-state index in [1.165, 1.54) is 7.11 Å². The number of carbonyl (C=O) groups excluding carboxylic acids is 1. The molecule has 96 valence electrons. The van der Waals surface area contributed by atoms with E-state index in [0.29, 0.717) is 11.8 Å². The third-order valence-electron chi connectivity index (χ3n) is 1.55. The number of rotatable bonds is 7. The molecule has 0 spiro atoms. The van der Waals surface area contributed by atoms with Crippen LogP contribution in [0.1, 0.15) is 6.42 Å². The van der Waals surface area contributed by atoms with E-state index in [9.17, 15) is 13.2 Å². The Morgan fingerprint density at radius 3 is 2.50 bits per heavy atom.